The summed E-state index contributed by atoms with van der Waals surface area (Å²) in [5.74, 6) is -1.00. The van der Waals surface area contributed by atoms with Gasteiger partial charge in [0.05, 0.1) is 22.7 Å². The Kier molecular flexibility index (Phi) is 6.52. The van der Waals surface area contributed by atoms with E-state index in [4.69, 9.17) is 0 Å². The van der Waals surface area contributed by atoms with Gasteiger partial charge in [0, 0.05) is 16.6 Å². The molecule has 0 aliphatic heterocycles. The standard InChI is InChI=1S/C24H20FN3O3S2/c1-16-11-12-18(13-22(16)33(30,31)28-21-10-6-5-9-20(21)25)26-23(29)14-19-15-32-24(27-19)17-7-3-2-4-8-17/h2-13,15,28H,14H2,1H3,(H,26,29). The van der Waals surface area contributed by atoms with Gasteiger partial charge in [-0.3, -0.25) is 9.52 Å². The smallest absolute Gasteiger partial charge is 0.262 e. The minimum absolute atomic E-state index is 0.0484. The van der Waals surface area contributed by atoms with Gasteiger partial charge >= 0.3 is 0 Å². The number of carbonyl (C=O) groups is 1. The number of halogens is 1. The number of anilines is 2. The molecule has 1 heterocycles. The Morgan fingerprint density at radius 1 is 1.03 bits per heavy atom. The molecule has 0 unspecified atom stereocenters. The molecule has 0 radical (unpaired) electrons. The molecular weight excluding hydrogens is 461 g/mol. The number of hydrogen-bond donors (Lipinski definition) is 2. The zero-order valence-electron chi connectivity index (χ0n) is 17.6. The Hall–Kier alpha value is -3.56. The van der Waals surface area contributed by atoms with Gasteiger partial charge in [-0.2, -0.15) is 0 Å². The Morgan fingerprint density at radius 3 is 2.52 bits per heavy atom. The molecule has 0 saturated carbocycles. The van der Waals surface area contributed by atoms with E-state index in [0.717, 1.165) is 10.6 Å². The number of thiazole rings is 1. The van der Waals surface area contributed by atoms with Gasteiger partial charge < -0.3 is 5.32 Å². The maximum absolute atomic E-state index is 13.9. The first-order chi connectivity index (χ1) is 15.8. The van der Waals surface area contributed by atoms with E-state index < -0.39 is 15.8 Å². The molecule has 0 saturated heterocycles. The van der Waals surface area contributed by atoms with Crippen molar-refractivity contribution in [2.45, 2.75) is 18.2 Å². The predicted octanol–water partition coefficient (Wildman–Crippen LogP) is 5.24. The largest absolute Gasteiger partial charge is 0.326 e. The molecule has 0 aliphatic rings. The number of sulfonamides is 1. The van der Waals surface area contributed by atoms with Crippen molar-refractivity contribution < 1.29 is 17.6 Å². The lowest BCUT2D eigenvalue weighted by Crippen LogP contribution is -2.17. The highest BCUT2D eigenvalue weighted by Crippen LogP contribution is 2.25. The van der Waals surface area contributed by atoms with Crippen molar-refractivity contribution in [1.82, 2.24) is 4.98 Å². The number of para-hydroxylation sites is 1. The van der Waals surface area contributed by atoms with Crippen LogP contribution in [0.15, 0.2) is 83.1 Å². The van der Waals surface area contributed by atoms with Crippen LogP contribution in [0.4, 0.5) is 15.8 Å². The monoisotopic (exact) mass is 481 g/mol. The fourth-order valence-corrected chi connectivity index (χ4v) is 5.35. The van der Waals surface area contributed by atoms with Crippen molar-refractivity contribution >= 4 is 38.6 Å². The molecule has 168 valence electrons. The Balaban J connectivity index is 1.48. The third-order valence-electron chi connectivity index (χ3n) is 4.79. The molecule has 1 amide bonds. The first-order valence-corrected chi connectivity index (χ1v) is 12.4. The van der Waals surface area contributed by atoms with Crippen LogP contribution in [0.2, 0.25) is 0 Å². The summed E-state index contributed by atoms with van der Waals surface area (Å²) in [4.78, 5) is 17.0. The molecule has 0 aliphatic carbocycles. The highest BCUT2D eigenvalue weighted by Gasteiger charge is 2.20. The van der Waals surface area contributed by atoms with Gasteiger partial charge in [0.15, 0.2) is 0 Å². The summed E-state index contributed by atoms with van der Waals surface area (Å²) < 4.78 is 41.9. The fourth-order valence-electron chi connectivity index (χ4n) is 3.18. The molecule has 0 atom stereocenters. The Bertz CT molecular complexity index is 1400. The van der Waals surface area contributed by atoms with Crippen LogP contribution in [0.1, 0.15) is 11.3 Å². The van der Waals surface area contributed by atoms with Gasteiger partial charge in [-0.05, 0) is 36.8 Å². The maximum Gasteiger partial charge on any atom is 0.262 e. The zero-order valence-corrected chi connectivity index (χ0v) is 19.2. The Morgan fingerprint density at radius 2 is 1.76 bits per heavy atom. The van der Waals surface area contributed by atoms with E-state index in [1.165, 1.54) is 41.7 Å². The lowest BCUT2D eigenvalue weighted by atomic mass is 10.2. The second-order valence-corrected chi connectivity index (χ2v) is 9.81. The van der Waals surface area contributed by atoms with E-state index >= 15 is 0 Å². The zero-order chi connectivity index (χ0) is 23.4. The number of carbonyl (C=O) groups excluding carboxylic acids is 1. The van der Waals surface area contributed by atoms with Gasteiger partial charge in [0.25, 0.3) is 10.0 Å². The minimum atomic E-state index is -4.06. The molecule has 9 heteroatoms. The number of nitrogens with one attached hydrogen (secondary N) is 2. The predicted molar refractivity (Wildman–Crippen MR) is 128 cm³/mol. The molecule has 0 fully saturated rings. The number of amides is 1. The van der Waals surface area contributed by atoms with Gasteiger partial charge in [0.1, 0.15) is 10.8 Å². The van der Waals surface area contributed by atoms with Gasteiger partial charge in [0.2, 0.25) is 5.91 Å². The first kappa shape index (κ1) is 22.6. The van der Waals surface area contributed by atoms with Crippen LogP contribution in [0.25, 0.3) is 10.6 Å². The normalized spacial score (nSPS) is 11.2. The maximum atomic E-state index is 13.9. The average molecular weight is 482 g/mol. The van der Waals surface area contributed by atoms with Gasteiger partial charge in [-0.25, -0.2) is 17.8 Å². The highest BCUT2D eigenvalue weighted by atomic mass is 32.2. The summed E-state index contributed by atoms with van der Waals surface area (Å²) in [6.07, 6.45) is 0.0484. The number of hydrogen-bond acceptors (Lipinski definition) is 5. The van der Waals surface area contributed by atoms with E-state index in [-0.39, 0.29) is 22.9 Å². The second-order valence-electron chi connectivity index (χ2n) is 7.30. The number of benzene rings is 3. The van der Waals surface area contributed by atoms with Crippen molar-refractivity contribution in [2.75, 3.05) is 10.0 Å². The quantitative estimate of drug-likeness (QED) is 0.378. The van der Waals surface area contributed by atoms with Crippen molar-refractivity contribution in [3.63, 3.8) is 0 Å². The second kappa shape index (κ2) is 9.51. The van der Waals surface area contributed by atoms with Crippen molar-refractivity contribution in [1.29, 1.82) is 0 Å². The van der Waals surface area contributed by atoms with Crippen molar-refractivity contribution in [3.05, 3.63) is 95.3 Å². The first-order valence-electron chi connectivity index (χ1n) is 9.99. The third-order valence-corrected chi connectivity index (χ3v) is 7.24. The van der Waals surface area contributed by atoms with E-state index in [1.54, 1.807) is 19.1 Å². The number of aromatic nitrogens is 1. The molecule has 3 aromatic carbocycles. The van der Waals surface area contributed by atoms with E-state index in [9.17, 15) is 17.6 Å². The lowest BCUT2D eigenvalue weighted by Gasteiger charge is -2.13. The summed E-state index contributed by atoms with van der Waals surface area (Å²) in [6, 6.07) is 19.7. The molecule has 33 heavy (non-hydrogen) atoms. The summed E-state index contributed by atoms with van der Waals surface area (Å²) in [5, 5.41) is 5.36. The molecule has 1 aromatic heterocycles. The molecule has 2 N–H and O–H groups in total. The van der Waals surface area contributed by atoms with E-state index in [1.807, 2.05) is 35.7 Å². The van der Waals surface area contributed by atoms with Crippen LogP contribution in [0.5, 0.6) is 0 Å². The van der Waals surface area contributed by atoms with Crippen LogP contribution in [-0.4, -0.2) is 19.3 Å². The summed E-state index contributed by atoms with van der Waals surface area (Å²) in [6.45, 7) is 1.63. The summed E-state index contributed by atoms with van der Waals surface area (Å²) >= 11 is 1.45. The molecule has 4 aromatic rings. The van der Waals surface area contributed by atoms with E-state index in [0.29, 0.717) is 16.9 Å². The number of rotatable bonds is 7. The van der Waals surface area contributed by atoms with Crippen LogP contribution >= 0.6 is 11.3 Å². The molecular formula is C24H20FN3O3S2. The lowest BCUT2D eigenvalue weighted by molar-refractivity contribution is -0.115. The van der Waals surface area contributed by atoms with E-state index in [2.05, 4.69) is 15.0 Å². The molecule has 4 rings (SSSR count). The van der Waals surface area contributed by atoms with Crippen molar-refractivity contribution in [2.24, 2.45) is 0 Å². The SMILES string of the molecule is Cc1ccc(NC(=O)Cc2csc(-c3ccccc3)n2)cc1S(=O)(=O)Nc1ccccc1F. The van der Waals surface area contributed by atoms with Crippen LogP contribution in [0, 0.1) is 12.7 Å². The van der Waals surface area contributed by atoms with Crippen LogP contribution in [-0.2, 0) is 21.2 Å². The molecule has 0 spiro atoms. The molecule has 0 bridgehead atoms. The van der Waals surface area contributed by atoms with Gasteiger partial charge in [-0.1, -0.05) is 48.5 Å². The van der Waals surface area contributed by atoms with Gasteiger partial charge in [-0.15, -0.1) is 11.3 Å². The fraction of sp³-hybridized carbons (Fsp3) is 0.0833. The molecule has 6 nitrogen and oxygen atoms in total. The summed E-state index contributed by atoms with van der Waals surface area (Å²) in [7, 11) is -4.06. The highest BCUT2D eigenvalue weighted by molar-refractivity contribution is 7.92. The topological polar surface area (TPSA) is 88.2 Å². The number of nitrogens with zero attached hydrogens (tertiary/aromatic N) is 1. The minimum Gasteiger partial charge on any atom is -0.326 e. The van der Waals surface area contributed by atoms with Crippen LogP contribution < -0.4 is 10.0 Å². The number of aryl methyl sites for hydroxylation is 1. The average Bonchev–Trinajstić information content (AvgIpc) is 3.25. The van der Waals surface area contributed by atoms with Crippen LogP contribution in [0.3, 0.4) is 0 Å². The third kappa shape index (κ3) is 5.44. The summed E-state index contributed by atoms with van der Waals surface area (Å²) in [5.41, 5.74) is 2.23. The van der Waals surface area contributed by atoms with Crippen molar-refractivity contribution in [3.8, 4) is 10.6 Å². The Labute approximate surface area is 195 Å².